The fourth-order valence-electron chi connectivity index (χ4n) is 4.14. The number of methoxy groups -OCH3 is 1. The zero-order valence-electron chi connectivity index (χ0n) is 16.9. The van der Waals surface area contributed by atoms with Crippen molar-refractivity contribution in [1.82, 2.24) is 0 Å². The molecule has 1 aromatic heterocycles. The van der Waals surface area contributed by atoms with Gasteiger partial charge < -0.3 is 19.1 Å². The Morgan fingerprint density at radius 3 is 2.53 bits per heavy atom. The quantitative estimate of drug-likeness (QED) is 0.675. The first-order chi connectivity index (χ1) is 14.6. The maximum Gasteiger partial charge on any atom is 0.350 e. The Morgan fingerprint density at radius 1 is 1.10 bits per heavy atom. The van der Waals surface area contributed by atoms with Gasteiger partial charge in [-0.3, -0.25) is 4.79 Å². The molecule has 0 atom stereocenters. The van der Waals surface area contributed by atoms with Gasteiger partial charge in [-0.15, -0.1) is 11.3 Å². The van der Waals surface area contributed by atoms with Crippen LogP contribution in [0.25, 0.3) is 0 Å². The molecule has 1 aromatic rings. The zero-order chi connectivity index (χ0) is 21.0. The van der Waals surface area contributed by atoms with Crippen LogP contribution in [-0.2, 0) is 19.0 Å². The van der Waals surface area contributed by atoms with Crippen LogP contribution in [0.5, 0.6) is 0 Å². The van der Waals surface area contributed by atoms with Crippen LogP contribution in [-0.4, -0.2) is 44.0 Å². The molecule has 3 aliphatic rings. The fraction of sp³-hybridized carbons (Fsp3) is 0.391. The van der Waals surface area contributed by atoms with Crippen LogP contribution < -0.4 is 4.90 Å². The van der Waals surface area contributed by atoms with Gasteiger partial charge in [-0.25, -0.2) is 4.79 Å². The van der Waals surface area contributed by atoms with E-state index in [1.54, 1.807) is 17.1 Å². The van der Waals surface area contributed by atoms with Crippen molar-refractivity contribution >= 4 is 28.9 Å². The molecule has 0 bridgehead atoms. The lowest BCUT2D eigenvalue weighted by Crippen LogP contribution is -2.47. The number of hydrogen-bond acceptors (Lipinski definition) is 6. The number of allylic oxidation sites excluding steroid dienone is 6. The topological polar surface area (TPSA) is 65.1 Å². The predicted molar refractivity (Wildman–Crippen MR) is 116 cm³/mol. The van der Waals surface area contributed by atoms with Gasteiger partial charge in [0.25, 0.3) is 5.91 Å². The van der Waals surface area contributed by atoms with Gasteiger partial charge in [-0.1, -0.05) is 30.4 Å². The highest BCUT2D eigenvalue weighted by atomic mass is 32.1. The lowest BCUT2D eigenvalue weighted by molar-refractivity contribution is -0.178. The Labute approximate surface area is 180 Å². The number of amides is 1. The molecule has 0 aromatic carbocycles. The highest BCUT2D eigenvalue weighted by Gasteiger charge is 2.43. The minimum atomic E-state index is -0.516. The second-order valence-corrected chi connectivity index (χ2v) is 8.31. The standard InChI is InChI=1S/C23H25NO5S/c1-27-22(26)20-19(11-16-30-20)24(21(25)17-7-5-3-2-4-6-8-17)18-9-12-23(13-10-18)28-14-15-29-23/h2-8,11,16,18H,9-10,12-15H2,1H3. The van der Waals surface area contributed by atoms with E-state index in [0.29, 0.717) is 29.4 Å². The lowest BCUT2D eigenvalue weighted by atomic mass is 9.88. The molecular weight excluding hydrogens is 402 g/mol. The van der Waals surface area contributed by atoms with Gasteiger partial charge in [0.05, 0.1) is 26.0 Å². The van der Waals surface area contributed by atoms with Gasteiger partial charge in [0.15, 0.2) is 5.79 Å². The molecule has 1 aliphatic heterocycles. The smallest absolute Gasteiger partial charge is 0.350 e. The molecule has 1 saturated carbocycles. The van der Waals surface area contributed by atoms with Gasteiger partial charge in [0.1, 0.15) is 4.88 Å². The van der Waals surface area contributed by atoms with E-state index in [1.807, 2.05) is 41.8 Å². The van der Waals surface area contributed by atoms with Crippen molar-refractivity contribution in [3.05, 3.63) is 64.4 Å². The summed E-state index contributed by atoms with van der Waals surface area (Å²) in [6.45, 7) is 1.23. The Bertz CT molecular complexity index is 910. The molecule has 0 radical (unpaired) electrons. The molecule has 7 heteroatoms. The van der Waals surface area contributed by atoms with Crippen LogP contribution in [0.1, 0.15) is 35.4 Å². The average molecular weight is 428 g/mol. The summed E-state index contributed by atoms with van der Waals surface area (Å²) in [5.41, 5.74) is 1.16. The van der Waals surface area contributed by atoms with Crippen LogP contribution >= 0.6 is 11.3 Å². The molecule has 4 rings (SSSR count). The van der Waals surface area contributed by atoms with Crippen molar-refractivity contribution in [3.63, 3.8) is 0 Å². The van der Waals surface area contributed by atoms with Gasteiger partial charge in [-0.2, -0.15) is 0 Å². The minimum Gasteiger partial charge on any atom is -0.465 e. The number of hydrogen-bond donors (Lipinski definition) is 0. The third-order valence-corrected chi connectivity index (χ3v) is 6.52. The molecule has 158 valence electrons. The number of rotatable bonds is 4. The summed E-state index contributed by atoms with van der Waals surface area (Å²) in [4.78, 5) is 28.2. The number of ether oxygens (including phenoxy) is 3. The molecule has 1 saturated heterocycles. The summed E-state index contributed by atoms with van der Waals surface area (Å²) in [6.07, 6.45) is 15.8. The number of nitrogens with zero attached hydrogens (tertiary/aromatic N) is 1. The third-order valence-electron chi connectivity index (χ3n) is 5.63. The highest BCUT2D eigenvalue weighted by molar-refractivity contribution is 7.12. The largest absolute Gasteiger partial charge is 0.465 e. The normalized spacial score (nSPS) is 20.6. The molecule has 2 fully saturated rings. The Balaban J connectivity index is 1.66. The van der Waals surface area contributed by atoms with Crippen molar-refractivity contribution in [3.8, 4) is 0 Å². The summed E-state index contributed by atoms with van der Waals surface area (Å²) in [5.74, 6) is -1.08. The Morgan fingerprint density at radius 2 is 1.80 bits per heavy atom. The van der Waals surface area contributed by atoms with Crippen LogP contribution in [0.4, 0.5) is 5.69 Å². The number of carbonyl (C=O) groups excluding carboxylic acids is 2. The van der Waals surface area contributed by atoms with E-state index in [2.05, 4.69) is 0 Å². The van der Waals surface area contributed by atoms with Crippen molar-refractivity contribution in [2.24, 2.45) is 0 Å². The van der Waals surface area contributed by atoms with Crippen LogP contribution in [0.2, 0.25) is 0 Å². The van der Waals surface area contributed by atoms with Crippen molar-refractivity contribution in [2.75, 3.05) is 25.2 Å². The van der Waals surface area contributed by atoms with E-state index in [0.717, 1.165) is 25.7 Å². The maximum absolute atomic E-state index is 13.7. The number of esters is 1. The molecule has 1 spiro atoms. The summed E-state index contributed by atoms with van der Waals surface area (Å²) in [7, 11) is 1.36. The molecule has 30 heavy (non-hydrogen) atoms. The summed E-state index contributed by atoms with van der Waals surface area (Å²) in [6, 6.07) is 1.76. The Kier molecular flexibility index (Phi) is 6.32. The first kappa shape index (κ1) is 20.8. The van der Waals surface area contributed by atoms with Crippen LogP contribution in [0, 0.1) is 0 Å². The van der Waals surface area contributed by atoms with Crippen LogP contribution in [0.3, 0.4) is 0 Å². The monoisotopic (exact) mass is 427 g/mol. The van der Waals surface area contributed by atoms with Gasteiger partial charge in [-0.05, 0) is 36.4 Å². The first-order valence-corrected chi connectivity index (χ1v) is 11.0. The van der Waals surface area contributed by atoms with Crippen molar-refractivity contribution < 1.29 is 23.8 Å². The first-order valence-electron chi connectivity index (χ1n) is 10.1. The molecule has 1 amide bonds. The fourth-order valence-corrected chi connectivity index (χ4v) is 4.94. The second kappa shape index (κ2) is 9.12. The summed E-state index contributed by atoms with van der Waals surface area (Å²) >= 11 is 1.28. The Hall–Kier alpha value is -2.48. The summed E-state index contributed by atoms with van der Waals surface area (Å²) in [5, 5.41) is 1.82. The molecule has 2 aliphatic carbocycles. The SMILES string of the molecule is COC(=O)c1sccc1N(C(=O)C1=CC=CC=CC=C1)C1CCC2(CC1)OCCO2. The van der Waals surface area contributed by atoms with E-state index >= 15 is 0 Å². The third kappa shape index (κ3) is 4.19. The molecule has 0 N–H and O–H groups in total. The maximum atomic E-state index is 13.7. The molecule has 2 heterocycles. The molecule has 0 unspecified atom stereocenters. The number of carbonyl (C=O) groups is 2. The zero-order valence-corrected chi connectivity index (χ0v) is 17.7. The molecular formula is C23H25NO5S. The van der Waals surface area contributed by atoms with E-state index in [4.69, 9.17) is 14.2 Å². The van der Waals surface area contributed by atoms with Crippen LogP contribution in [0.15, 0.2) is 59.6 Å². The predicted octanol–water partition coefficient (Wildman–Crippen LogP) is 4.16. The van der Waals surface area contributed by atoms with Crippen molar-refractivity contribution in [2.45, 2.75) is 37.5 Å². The lowest BCUT2D eigenvalue weighted by Gasteiger charge is -2.40. The highest BCUT2D eigenvalue weighted by Crippen LogP contribution is 2.40. The van der Waals surface area contributed by atoms with Crippen molar-refractivity contribution in [1.29, 1.82) is 0 Å². The van der Waals surface area contributed by atoms with Gasteiger partial charge in [0, 0.05) is 24.5 Å². The number of anilines is 1. The van der Waals surface area contributed by atoms with Gasteiger partial charge in [0.2, 0.25) is 0 Å². The van der Waals surface area contributed by atoms with E-state index in [-0.39, 0.29) is 11.9 Å². The van der Waals surface area contributed by atoms with E-state index < -0.39 is 11.8 Å². The average Bonchev–Trinajstić information content (AvgIpc) is 3.39. The molecule has 6 nitrogen and oxygen atoms in total. The summed E-state index contributed by atoms with van der Waals surface area (Å²) < 4.78 is 16.7. The van der Waals surface area contributed by atoms with E-state index in [1.165, 1.54) is 18.4 Å². The minimum absolute atomic E-state index is 0.0619. The van der Waals surface area contributed by atoms with Gasteiger partial charge >= 0.3 is 5.97 Å². The number of thiophene rings is 1. The second-order valence-electron chi connectivity index (χ2n) is 7.39. The van der Waals surface area contributed by atoms with E-state index in [9.17, 15) is 9.59 Å².